The smallest absolute Gasteiger partial charge is 0.223 e. The number of carbonyl (C=O) groups is 2. The highest BCUT2D eigenvalue weighted by Gasteiger charge is 2.31. The maximum absolute atomic E-state index is 12.2. The van der Waals surface area contributed by atoms with E-state index in [-0.39, 0.29) is 17.7 Å². The second-order valence-electron chi connectivity index (χ2n) is 5.97. The summed E-state index contributed by atoms with van der Waals surface area (Å²) in [7, 11) is 0. The van der Waals surface area contributed by atoms with Crippen molar-refractivity contribution >= 4 is 11.7 Å². The molecule has 0 saturated carbocycles. The van der Waals surface area contributed by atoms with Gasteiger partial charge in [0, 0.05) is 26.1 Å². The van der Waals surface area contributed by atoms with Crippen molar-refractivity contribution in [3.63, 3.8) is 0 Å². The van der Waals surface area contributed by atoms with Crippen LogP contribution in [0.2, 0.25) is 0 Å². The highest BCUT2D eigenvalue weighted by Crippen LogP contribution is 2.20. The molecule has 5 heteroatoms. The van der Waals surface area contributed by atoms with Crippen molar-refractivity contribution in [1.29, 1.82) is 0 Å². The maximum Gasteiger partial charge on any atom is 0.223 e. The third-order valence-corrected chi connectivity index (χ3v) is 4.47. The van der Waals surface area contributed by atoms with E-state index in [2.05, 4.69) is 4.90 Å². The molecule has 2 rings (SSSR count). The van der Waals surface area contributed by atoms with Crippen molar-refractivity contribution in [3.05, 3.63) is 0 Å². The SMILES string of the molecule is CC(=O)[C@@H]1CCCN1C(=O)CCC(O)N1CCCCC1. The molecule has 2 atom stereocenters. The summed E-state index contributed by atoms with van der Waals surface area (Å²) in [5, 5.41) is 10.1. The van der Waals surface area contributed by atoms with E-state index < -0.39 is 6.23 Å². The molecule has 0 aliphatic carbocycles. The monoisotopic (exact) mass is 282 g/mol. The summed E-state index contributed by atoms with van der Waals surface area (Å²) in [6.07, 6.45) is 5.48. The molecule has 2 heterocycles. The molecule has 1 amide bonds. The lowest BCUT2D eigenvalue weighted by atomic mass is 10.1. The van der Waals surface area contributed by atoms with Gasteiger partial charge in [0.25, 0.3) is 0 Å². The number of Topliss-reactive ketones (excluding diaryl/α,β-unsaturated/α-hetero) is 1. The Balaban J connectivity index is 1.78. The van der Waals surface area contributed by atoms with E-state index in [0.29, 0.717) is 19.4 Å². The van der Waals surface area contributed by atoms with Crippen LogP contribution >= 0.6 is 0 Å². The van der Waals surface area contributed by atoms with Crippen molar-refractivity contribution < 1.29 is 14.7 Å². The molecule has 20 heavy (non-hydrogen) atoms. The van der Waals surface area contributed by atoms with Crippen LogP contribution in [0.5, 0.6) is 0 Å². The highest BCUT2D eigenvalue weighted by atomic mass is 16.3. The second-order valence-corrected chi connectivity index (χ2v) is 5.97. The summed E-state index contributed by atoms with van der Waals surface area (Å²) >= 11 is 0. The summed E-state index contributed by atoms with van der Waals surface area (Å²) in [6, 6.07) is -0.227. The van der Waals surface area contributed by atoms with Gasteiger partial charge >= 0.3 is 0 Å². The highest BCUT2D eigenvalue weighted by molar-refractivity contribution is 5.88. The predicted octanol–water partition coefficient (Wildman–Crippen LogP) is 1.15. The van der Waals surface area contributed by atoms with Gasteiger partial charge in [-0.3, -0.25) is 14.5 Å². The second kappa shape index (κ2) is 7.18. The molecule has 1 unspecified atom stereocenters. The molecular formula is C15H26N2O3. The molecule has 2 aliphatic heterocycles. The van der Waals surface area contributed by atoms with Crippen LogP contribution in [0.1, 0.15) is 51.9 Å². The summed E-state index contributed by atoms with van der Waals surface area (Å²) in [6.45, 7) is 4.09. The zero-order valence-electron chi connectivity index (χ0n) is 12.4. The number of carbonyl (C=O) groups excluding carboxylic acids is 2. The number of rotatable bonds is 5. The molecule has 0 bridgehead atoms. The molecule has 0 aromatic heterocycles. The van der Waals surface area contributed by atoms with Gasteiger partial charge in [-0.2, -0.15) is 0 Å². The number of aliphatic hydroxyl groups excluding tert-OH is 1. The number of piperidine rings is 1. The Morgan fingerprint density at radius 1 is 1.15 bits per heavy atom. The third kappa shape index (κ3) is 3.79. The van der Waals surface area contributed by atoms with E-state index in [1.165, 1.54) is 6.42 Å². The van der Waals surface area contributed by atoms with Crippen molar-refractivity contribution in [2.24, 2.45) is 0 Å². The topological polar surface area (TPSA) is 60.9 Å². The molecule has 0 spiro atoms. The molecule has 5 nitrogen and oxygen atoms in total. The largest absolute Gasteiger partial charge is 0.378 e. The Morgan fingerprint density at radius 3 is 2.50 bits per heavy atom. The van der Waals surface area contributed by atoms with Crippen molar-refractivity contribution in [1.82, 2.24) is 9.80 Å². The molecular weight excluding hydrogens is 256 g/mol. The first kappa shape index (κ1) is 15.4. The van der Waals surface area contributed by atoms with E-state index in [1.807, 2.05) is 0 Å². The first-order valence-corrected chi connectivity index (χ1v) is 7.81. The van der Waals surface area contributed by atoms with Crippen LogP contribution in [-0.4, -0.2) is 58.5 Å². The van der Waals surface area contributed by atoms with E-state index in [9.17, 15) is 14.7 Å². The first-order chi connectivity index (χ1) is 9.59. The van der Waals surface area contributed by atoms with Gasteiger partial charge < -0.3 is 10.0 Å². The first-order valence-electron chi connectivity index (χ1n) is 7.81. The van der Waals surface area contributed by atoms with Crippen LogP contribution in [-0.2, 0) is 9.59 Å². The minimum absolute atomic E-state index is 0.0127. The van der Waals surface area contributed by atoms with E-state index in [4.69, 9.17) is 0 Å². The number of hydrogen-bond acceptors (Lipinski definition) is 4. The van der Waals surface area contributed by atoms with Crippen LogP contribution in [0.15, 0.2) is 0 Å². The van der Waals surface area contributed by atoms with Crippen molar-refractivity contribution in [2.45, 2.75) is 64.1 Å². The molecule has 2 fully saturated rings. The van der Waals surface area contributed by atoms with Gasteiger partial charge in [0.2, 0.25) is 5.91 Å². The fourth-order valence-electron chi connectivity index (χ4n) is 3.28. The average Bonchev–Trinajstić information content (AvgIpc) is 2.95. The van der Waals surface area contributed by atoms with Crippen molar-refractivity contribution in [2.75, 3.05) is 19.6 Å². The number of ketones is 1. The summed E-state index contributed by atoms with van der Waals surface area (Å²) in [4.78, 5) is 27.4. The molecule has 114 valence electrons. The normalized spacial score (nSPS) is 25.7. The molecule has 0 radical (unpaired) electrons. The molecule has 2 saturated heterocycles. The summed E-state index contributed by atoms with van der Waals surface area (Å²) in [5.74, 6) is 0.0891. The lowest BCUT2D eigenvalue weighted by Crippen LogP contribution is -2.42. The Hall–Kier alpha value is -0.940. The van der Waals surface area contributed by atoms with Crippen LogP contribution in [0.3, 0.4) is 0 Å². The molecule has 0 aromatic rings. The zero-order valence-corrected chi connectivity index (χ0v) is 12.4. The number of hydrogen-bond donors (Lipinski definition) is 1. The zero-order chi connectivity index (χ0) is 14.5. The van der Waals surface area contributed by atoms with Crippen LogP contribution in [0, 0.1) is 0 Å². The fourth-order valence-corrected chi connectivity index (χ4v) is 3.28. The van der Waals surface area contributed by atoms with Gasteiger partial charge in [-0.25, -0.2) is 0 Å². The fraction of sp³-hybridized carbons (Fsp3) is 0.867. The van der Waals surface area contributed by atoms with Crippen LogP contribution < -0.4 is 0 Å². The van der Waals surface area contributed by atoms with Gasteiger partial charge in [0.1, 0.15) is 6.23 Å². The van der Waals surface area contributed by atoms with Crippen LogP contribution in [0.4, 0.5) is 0 Å². The Kier molecular flexibility index (Phi) is 5.54. The minimum Gasteiger partial charge on any atom is -0.378 e. The number of aliphatic hydroxyl groups is 1. The average molecular weight is 282 g/mol. The van der Waals surface area contributed by atoms with Gasteiger partial charge in [-0.05, 0) is 39.0 Å². The lowest BCUT2D eigenvalue weighted by Gasteiger charge is -2.31. The van der Waals surface area contributed by atoms with E-state index in [0.717, 1.165) is 38.8 Å². The van der Waals surface area contributed by atoms with Crippen molar-refractivity contribution in [3.8, 4) is 0 Å². The molecule has 1 N–H and O–H groups in total. The maximum atomic E-state index is 12.2. The van der Waals surface area contributed by atoms with Gasteiger partial charge in [0.15, 0.2) is 5.78 Å². The Bertz CT molecular complexity index is 353. The minimum atomic E-state index is -0.516. The van der Waals surface area contributed by atoms with Gasteiger partial charge in [-0.1, -0.05) is 6.42 Å². The van der Waals surface area contributed by atoms with E-state index in [1.54, 1.807) is 11.8 Å². The Labute approximate surface area is 120 Å². The number of likely N-dealkylation sites (tertiary alicyclic amines) is 2. The van der Waals surface area contributed by atoms with Gasteiger partial charge in [-0.15, -0.1) is 0 Å². The Morgan fingerprint density at radius 2 is 1.85 bits per heavy atom. The third-order valence-electron chi connectivity index (χ3n) is 4.47. The molecule has 2 aliphatic rings. The predicted molar refractivity (Wildman–Crippen MR) is 76.1 cm³/mol. The number of nitrogens with zero attached hydrogens (tertiary/aromatic N) is 2. The van der Waals surface area contributed by atoms with Crippen LogP contribution in [0.25, 0.3) is 0 Å². The van der Waals surface area contributed by atoms with Gasteiger partial charge in [0.05, 0.1) is 6.04 Å². The molecule has 0 aromatic carbocycles. The number of amides is 1. The summed E-state index contributed by atoms with van der Waals surface area (Å²) in [5.41, 5.74) is 0. The standard InChI is InChI=1S/C15H26N2O3/c1-12(18)13-6-5-11-17(13)15(20)8-7-14(19)16-9-3-2-4-10-16/h13-14,19H,2-11H2,1H3/t13-,14?/m0/s1. The lowest BCUT2D eigenvalue weighted by molar-refractivity contribution is -0.138. The summed E-state index contributed by atoms with van der Waals surface area (Å²) < 4.78 is 0. The quantitative estimate of drug-likeness (QED) is 0.822. The van der Waals surface area contributed by atoms with E-state index >= 15 is 0 Å².